The van der Waals surface area contributed by atoms with Gasteiger partial charge in [0.2, 0.25) is 0 Å². The van der Waals surface area contributed by atoms with E-state index in [1.165, 1.54) is 6.42 Å². The third-order valence-corrected chi connectivity index (χ3v) is 5.17. The fourth-order valence-electron chi connectivity index (χ4n) is 3.64. The summed E-state index contributed by atoms with van der Waals surface area (Å²) in [5, 5.41) is 0. The van der Waals surface area contributed by atoms with Crippen LogP contribution in [0.4, 0.5) is 4.79 Å². The second-order valence-electron chi connectivity index (χ2n) is 6.91. The quantitative estimate of drug-likeness (QED) is 0.811. The zero-order valence-corrected chi connectivity index (χ0v) is 16.3. The van der Waals surface area contributed by atoms with E-state index in [9.17, 15) is 9.59 Å². The van der Waals surface area contributed by atoms with Gasteiger partial charge < -0.3 is 24.2 Å². The summed E-state index contributed by atoms with van der Waals surface area (Å²) >= 11 is 0. The molecule has 1 aromatic carbocycles. The predicted octanol–water partition coefficient (Wildman–Crippen LogP) is 2.46. The van der Waals surface area contributed by atoms with E-state index >= 15 is 0 Å². The minimum Gasteiger partial charge on any atom is -0.493 e. The lowest BCUT2D eigenvalue weighted by atomic mass is 10.1. The smallest absolute Gasteiger partial charge is 0.320 e. The molecule has 0 saturated carbocycles. The maximum atomic E-state index is 12.8. The topological polar surface area (TPSA) is 62.3 Å². The maximum absolute atomic E-state index is 12.8. The van der Waals surface area contributed by atoms with Gasteiger partial charge in [-0.25, -0.2) is 4.79 Å². The Labute approximate surface area is 160 Å². The normalized spacial score (nSPS) is 17.6. The van der Waals surface area contributed by atoms with Crippen molar-refractivity contribution in [2.24, 2.45) is 0 Å². The predicted molar refractivity (Wildman–Crippen MR) is 102 cm³/mol. The first-order valence-corrected chi connectivity index (χ1v) is 9.78. The van der Waals surface area contributed by atoms with Crippen LogP contribution < -0.4 is 9.47 Å². The summed E-state index contributed by atoms with van der Waals surface area (Å²) in [7, 11) is 1.57. The highest BCUT2D eigenvalue weighted by atomic mass is 16.5. The Balaban J connectivity index is 1.59. The monoisotopic (exact) mass is 375 g/mol. The Morgan fingerprint density at radius 1 is 0.889 bits per heavy atom. The van der Waals surface area contributed by atoms with Gasteiger partial charge in [0.05, 0.1) is 13.7 Å². The number of rotatable bonds is 4. The van der Waals surface area contributed by atoms with Crippen LogP contribution in [0.3, 0.4) is 0 Å². The molecule has 7 nitrogen and oxygen atoms in total. The molecule has 3 amide bonds. The van der Waals surface area contributed by atoms with E-state index in [4.69, 9.17) is 9.47 Å². The van der Waals surface area contributed by atoms with E-state index in [2.05, 4.69) is 0 Å². The molecule has 0 bridgehead atoms. The Bertz CT molecular complexity index is 665. The van der Waals surface area contributed by atoms with Crippen LogP contribution >= 0.6 is 0 Å². The molecule has 2 heterocycles. The zero-order chi connectivity index (χ0) is 19.2. The van der Waals surface area contributed by atoms with E-state index in [0.29, 0.717) is 49.8 Å². The highest BCUT2D eigenvalue weighted by Crippen LogP contribution is 2.28. The number of urea groups is 1. The highest BCUT2D eigenvalue weighted by molar-refractivity contribution is 5.95. The largest absolute Gasteiger partial charge is 0.493 e. The number of hydrogen-bond donors (Lipinski definition) is 0. The van der Waals surface area contributed by atoms with Crippen LogP contribution in [-0.2, 0) is 0 Å². The summed E-state index contributed by atoms with van der Waals surface area (Å²) in [6, 6.07) is 5.37. The Kier molecular flexibility index (Phi) is 6.42. The lowest BCUT2D eigenvalue weighted by Crippen LogP contribution is -2.54. The molecule has 7 heteroatoms. The molecule has 0 unspecified atom stereocenters. The Hall–Kier alpha value is -2.44. The van der Waals surface area contributed by atoms with Gasteiger partial charge in [-0.1, -0.05) is 0 Å². The van der Waals surface area contributed by atoms with Gasteiger partial charge in [-0.3, -0.25) is 4.79 Å². The number of ether oxygens (including phenoxy) is 2. The van der Waals surface area contributed by atoms with Crippen molar-refractivity contribution in [1.82, 2.24) is 14.7 Å². The van der Waals surface area contributed by atoms with Gasteiger partial charge in [0.25, 0.3) is 5.91 Å². The number of nitrogens with zero attached hydrogens (tertiary/aromatic N) is 3. The zero-order valence-electron chi connectivity index (χ0n) is 16.3. The van der Waals surface area contributed by atoms with Gasteiger partial charge in [0.15, 0.2) is 11.5 Å². The molecule has 3 rings (SSSR count). The minimum absolute atomic E-state index is 0.0404. The number of carbonyl (C=O) groups is 2. The Morgan fingerprint density at radius 2 is 1.52 bits per heavy atom. The van der Waals surface area contributed by atoms with Crippen LogP contribution in [0.1, 0.15) is 36.5 Å². The molecule has 27 heavy (non-hydrogen) atoms. The van der Waals surface area contributed by atoms with Crippen LogP contribution in [-0.4, -0.2) is 79.6 Å². The second kappa shape index (κ2) is 8.97. The highest BCUT2D eigenvalue weighted by Gasteiger charge is 2.28. The fourth-order valence-corrected chi connectivity index (χ4v) is 3.64. The molecule has 1 aromatic rings. The molecule has 2 aliphatic rings. The number of amides is 3. The molecular formula is C20H29N3O4. The van der Waals surface area contributed by atoms with Crippen molar-refractivity contribution < 1.29 is 19.1 Å². The van der Waals surface area contributed by atoms with Gasteiger partial charge in [0.1, 0.15) is 0 Å². The number of benzene rings is 1. The van der Waals surface area contributed by atoms with Crippen molar-refractivity contribution >= 4 is 11.9 Å². The standard InChI is InChI=1S/C20H29N3O4/c1-3-27-17-8-7-16(15-18(17)26-2)19(24)21-11-13-23(14-12-21)20(25)22-9-5-4-6-10-22/h7-8,15H,3-6,9-14H2,1-2H3. The number of piperidine rings is 1. The first kappa shape index (κ1) is 19.3. The molecule has 0 N–H and O–H groups in total. The van der Waals surface area contributed by atoms with Crippen molar-refractivity contribution in [3.63, 3.8) is 0 Å². The van der Waals surface area contributed by atoms with E-state index < -0.39 is 0 Å². The van der Waals surface area contributed by atoms with Gasteiger partial charge >= 0.3 is 6.03 Å². The van der Waals surface area contributed by atoms with Crippen molar-refractivity contribution in [2.45, 2.75) is 26.2 Å². The van der Waals surface area contributed by atoms with Crippen molar-refractivity contribution in [2.75, 3.05) is 53.0 Å². The van der Waals surface area contributed by atoms with Gasteiger partial charge in [-0.15, -0.1) is 0 Å². The van der Waals surface area contributed by atoms with Crippen LogP contribution in [0.25, 0.3) is 0 Å². The van der Waals surface area contributed by atoms with Crippen LogP contribution in [0.2, 0.25) is 0 Å². The van der Waals surface area contributed by atoms with Crippen LogP contribution in [0.5, 0.6) is 11.5 Å². The van der Waals surface area contributed by atoms with Gasteiger partial charge in [0, 0.05) is 44.8 Å². The lowest BCUT2D eigenvalue weighted by Gasteiger charge is -2.38. The number of carbonyl (C=O) groups excluding carboxylic acids is 2. The Morgan fingerprint density at radius 3 is 2.15 bits per heavy atom. The summed E-state index contributed by atoms with van der Waals surface area (Å²) in [5.74, 6) is 1.15. The SMILES string of the molecule is CCOc1ccc(C(=O)N2CCN(C(=O)N3CCCCC3)CC2)cc1OC. The summed E-state index contributed by atoms with van der Waals surface area (Å²) in [6.45, 7) is 6.40. The molecule has 0 radical (unpaired) electrons. The molecule has 0 aliphatic carbocycles. The molecule has 0 atom stereocenters. The summed E-state index contributed by atoms with van der Waals surface area (Å²) in [5.41, 5.74) is 0.575. The molecule has 0 aromatic heterocycles. The van der Waals surface area contributed by atoms with Gasteiger partial charge in [-0.05, 0) is 44.4 Å². The fraction of sp³-hybridized carbons (Fsp3) is 0.600. The number of methoxy groups -OCH3 is 1. The van der Waals surface area contributed by atoms with E-state index in [1.807, 2.05) is 16.7 Å². The third-order valence-electron chi connectivity index (χ3n) is 5.17. The van der Waals surface area contributed by atoms with Crippen molar-refractivity contribution in [1.29, 1.82) is 0 Å². The average molecular weight is 375 g/mol. The van der Waals surface area contributed by atoms with E-state index in [1.54, 1.807) is 30.2 Å². The minimum atomic E-state index is -0.0404. The molecule has 0 spiro atoms. The average Bonchev–Trinajstić information content (AvgIpc) is 2.74. The van der Waals surface area contributed by atoms with Crippen molar-refractivity contribution in [3.8, 4) is 11.5 Å². The maximum Gasteiger partial charge on any atom is 0.320 e. The molecule has 2 aliphatic heterocycles. The first-order valence-electron chi connectivity index (χ1n) is 9.78. The van der Waals surface area contributed by atoms with Crippen molar-refractivity contribution in [3.05, 3.63) is 23.8 Å². The van der Waals surface area contributed by atoms with Gasteiger partial charge in [-0.2, -0.15) is 0 Å². The summed E-state index contributed by atoms with van der Waals surface area (Å²) in [6.07, 6.45) is 3.38. The summed E-state index contributed by atoms with van der Waals surface area (Å²) < 4.78 is 10.8. The molecule has 2 fully saturated rings. The molecule has 148 valence electrons. The van der Waals surface area contributed by atoms with E-state index in [0.717, 1.165) is 25.9 Å². The summed E-state index contributed by atoms with van der Waals surface area (Å²) in [4.78, 5) is 31.0. The van der Waals surface area contributed by atoms with Crippen LogP contribution in [0, 0.1) is 0 Å². The lowest BCUT2D eigenvalue weighted by molar-refractivity contribution is 0.0632. The number of piperazine rings is 1. The molecular weight excluding hydrogens is 346 g/mol. The third kappa shape index (κ3) is 4.46. The first-order chi connectivity index (χ1) is 13.1. The van der Waals surface area contributed by atoms with E-state index in [-0.39, 0.29) is 11.9 Å². The molecule has 2 saturated heterocycles. The number of likely N-dealkylation sites (tertiary alicyclic amines) is 1. The van der Waals surface area contributed by atoms with Crippen LogP contribution in [0.15, 0.2) is 18.2 Å². The second-order valence-corrected chi connectivity index (χ2v) is 6.91. The number of hydrogen-bond acceptors (Lipinski definition) is 4.